The van der Waals surface area contributed by atoms with Crippen LogP contribution in [0.3, 0.4) is 0 Å². The summed E-state index contributed by atoms with van der Waals surface area (Å²) in [5.74, 6) is 1.51. The minimum atomic E-state index is -0.655. The summed E-state index contributed by atoms with van der Waals surface area (Å²) < 4.78 is 5.66. The maximum atomic E-state index is 12.8. The van der Waals surface area contributed by atoms with Crippen LogP contribution in [0.1, 0.15) is 106 Å². The summed E-state index contributed by atoms with van der Waals surface area (Å²) in [6.07, 6.45) is 9.40. The summed E-state index contributed by atoms with van der Waals surface area (Å²) >= 11 is 0. The number of carbonyl (C=O) groups excluding carboxylic acids is 1. The minimum Gasteiger partial charge on any atom is -0.481 e. The van der Waals surface area contributed by atoms with Crippen LogP contribution in [0.2, 0.25) is 0 Å². The number of carbonyl (C=O) groups is 2. The lowest BCUT2D eigenvalue weighted by Gasteiger charge is -2.72. The third-order valence-corrected chi connectivity index (χ3v) is 13.7. The van der Waals surface area contributed by atoms with Gasteiger partial charge in [0.15, 0.2) is 0 Å². The van der Waals surface area contributed by atoms with Gasteiger partial charge < -0.3 is 15.6 Å². The first kappa shape index (κ1) is 26.1. The first-order valence-corrected chi connectivity index (χ1v) is 14.5. The highest BCUT2D eigenvalue weighted by molar-refractivity contribution is 5.76. The predicted molar refractivity (Wildman–Crippen MR) is 141 cm³/mol. The van der Waals surface area contributed by atoms with Crippen LogP contribution >= 0.6 is 0 Å². The van der Waals surface area contributed by atoms with Crippen LogP contribution in [0, 0.1) is 56.7 Å². The molecule has 36 heavy (non-hydrogen) atoms. The Bertz CT molecular complexity index is 974. The fraction of sp³-hybridized carbons (Fsp3) is 0.871. The maximum Gasteiger partial charge on any atom is 0.404 e. The minimum absolute atomic E-state index is 0.108. The van der Waals surface area contributed by atoms with E-state index in [0.717, 1.165) is 51.4 Å². The fourth-order valence-corrected chi connectivity index (χ4v) is 11.8. The molecule has 0 aliphatic heterocycles. The van der Waals surface area contributed by atoms with Gasteiger partial charge in [0, 0.05) is 5.41 Å². The molecule has 202 valence electrons. The van der Waals surface area contributed by atoms with Crippen molar-refractivity contribution in [3.05, 3.63) is 12.2 Å². The Morgan fingerprint density at radius 1 is 0.861 bits per heavy atom. The van der Waals surface area contributed by atoms with Crippen LogP contribution in [-0.2, 0) is 9.53 Å². The summed E-state index contributed by atoms with van der Waals surface area (Å²) in [5, 5.41) is 10.5. The molecule has 0 bridgehead atoms. The standard InChI is InChI=1S/C31H49NO4/c1-18(2)19-10-15-31(25(33)34)17-16-29(6)20(24(19)31)8-9-22-28(5)13-12-23(36-26(32)35)27(3,4)21(28)11-14-30(22,29)7/h19-24H,1,8-17H2,2-7H3,(H2,32,35)(H,33,34)/t19-,20+,21-,22+,23-,24+,28-,29+,30+,31-/m0/s1. The highest BCUT2D eigenvalue weighted by Gasteiger charge is 2.72. The summed E-state index contributed by atoms with van der Waals surface area (Å²) in [6, 6.07) is 0. The lowest BCUT2D eigenvalue weighted by molar-refractivity contribution is -0.247. The largest absolute Gasteiger partial charge is 0.481 e. The molecule has 10 atom stereocenters. The van der Waals surface area contributed by atoms with Gasteiger partial charge in [0.1, 0.15) is 6.10 Å². The second-order valence-electron chi connectivity index (χ2n) is 14.9. The third kappa shape index (κ3) is 3.13. The zero-order valence-electron chi connectivity index (χ0n) is 23.5. The number of primary amides is 1. The number of ether oxygens (including phenoxy) is 1. The van der Waals surface area contributed by atoms with Gasteiger partial charge in [-0.1, -0.05) is 46.8 Å². The van der Waals surface area contributed by atoms with Crippen molar-refractivity contribution in [1.82, 2.24) is 0 Å². The number of fused-ring (bicyclic) bond motifs is 7. The number of nitrogens with two attached hydrogens (primary N) is 1. The van der Waals surface area contributed by atoms with Crippen molar-refractivity contribution in [2.24, 2.45) is 62.4 Å². The monoisotopic (exact) mass is 499 g/mol. The van der Waals surface area contributed by atoms with E-state index in [9.17, 15) is 14.7 Å². The molecule has 0 saturated heterocycles. The lowest BCUT2D eigenvalue weighted by atomic mass is 9.32. The zero-order valence-corrected chi connectivity index (χ0v) is 23.5. The predicted octanol–water partition coefficient (Wildman–Crippen LogP) is 7.19. The van der Waals surface area contributed by atoms with Crippen LogP contribution < -0.4 is 5.73 Å². The summed E-state index contributed by atoms with van der Waals surface area (Å²) in [7, 11) is 0. The van der Waals surface area contributed by atoms with Crippen molar-refractivity contribution in [3.8, 4) is 0 Å². The van der Waals surface area contributed by atoms with Gasteiger partial charge in [0.05, 0.1) is 5.41 Å². The molecule has 0 aromatic heterocycles. The van der Waals surface area contributed by atoms with Crippen molar-refractivity contribution in [3.63, 3.8) is 0 Å². The van der Waals surface area contributed by atoms with E-state index in [2.05, 4.69) is 48.1 Å². The van der Waals surface area contributed by atoms with Gasteiger partial charge in [-0.2, -0.15) is 0 Å². The summed E-state index contributed by atoms with van der Waals surface area (Å²) in [5.41, 5.74) is 6.48. The van der Waals surface area contributed by atoms with E-state index in [4.69, 9.17) is 10.5 Å². The van der Waals surface area contributed by atoms with Gasteiger partial charge in [0.25, 0.3) is 0 Å². The van der Waals surface area contributed by atoms with Gasteiger partial charge in [-0.15, -0.1) is 0 Å². The van der Waals surface area contributed by atoms with Gasteiger partial charge in [-0.05, 0) is 117 Å². The number of carboxylic acids is 1. The molecular formula is C31H49NO4. The van der Waals surface area contributed by atoms with Gasteiger partial charge in [0.2, 0.25) is 0 Å². The molecule has 5 rings (SSSR count). The molecule has 5 aliphatic rings. The Morgan fingerprint density at radius 2 is 1.56 bits per heavy atom. The van der Waals surface area contributed by atoms with Crippen molar-refractivity contribution in [2.45, 2.75) is 112 Å². The molecule has 0 unspecified atom stereocenters. The van der Waals surface area contributed by atoms with Gasteiger partial charge in [-0.3, -0.25) is 4.79 Å². The number of carboxylic acid groups (broad SMARTS) is 1. The number of rotatable bonds is 3. The molecule has 5 heteroatoms. The average molecular weight is 500 g/mol. The molecular weight excluding hydrogens is 450 g/mol. The Labute approximate surface area is 218 Å². The molecule has 0 aromatic carbocycles. The molecule has 5 nitrogen and oxygen atoms in total. The van der Waals surface area contributed by atoms with Crippen molar-refractivity contribution in [1.29, 1.82) is 0 Å². The van der Waals surface area contributed by atoms with E-state index in [0.29, 0.717) is 23.7 Å². The van der Waals surface area contributed by atoms with E-state index >= 15 is 0 Å². The second kappa shape index (κ2) is 7.99. The van der Waals surface area contributed by atoms with Crippen molar-refractivity contribution < 1.29 is 19.4 Å². The number of amides is 1. The topological polar surface area (TPSA) is 89.6 Å². The van der Waals surface area contributed by atoms with E-state index in [1.165, 1.54) is 18.4 Å². The highest BCUT2D eigenvalue weighted by Crippen LogP contribution is 2.77. The molecule has 3 N–H and O–H groups in total. The number of aliphatic carboxylic acids is 1. The SMILES string of the molecule is C=C(C)[C@@H]1CC[C@]2(C(=O)O)CC[C@]3(C)[C@H](CC[C@@H]4[C@@]5(C)CC[C@H](OC(N)=O)C(C)(C)[C@@H]5CC[C@]43C)[C@@H]12. The number of hydrogen-bond donors (Lipinski definition) is 2. The second-order valence-corrected chi connectivity index (χ2v) is 14.9. The maximum absolute atomic E-state index is 12.8. The van der Waals surface area contributed by atoms with Crippen LogP contribution in [-0.4, -0.2) is 23.3 Å². The number of allylic oxidation sites excluding steroid dienone is 1. The molecule has 0 heterocycles. The molecule has 0 spiro atoms. The highest BCUT2D eigenvalue weighted by atomic mass is 16.6. The first-order valence-electron chi connectivity index (χ1n) is 14.5. The van der Waals surface area contributed by atoms with Crippen molar-refractivity contribution in [2.75, 3.05) is 0 Å². The van der Waals surface area contributed by atoms with E-state index in [1.807, 2.05) is 0 Å². The molecule has 0 radical (unpaired) electrons. The lowest BCUT2D eigenvalue weighted by Crippen LogP contribution is -2.67. The first-order chi connectivity index (χ1) is 16.6. The van der Waals surface area contributed by atoms with Crippen LogP contribution in [0.15, 0.2) is 12.2 Å². The third-order valence-electron chi connectivity index (χ3n) is 13.7. The van der Waals surface area contributed by atoms with E-state index in [-0.39, 0.29) is 33.7 Å². The van der Waals surface area contributed by atoms with Crippen LogP contribution in [0.25, 0.3) is 0 Å². The van der Waals surface area contributed by atoms with Crippen LogP contribution in [0.5, 0.6) is 0 Å². The van der Waals surface area contributed by atoms with Crippen LogP contribution in [0.4, 0.5) is 4.79 Å². The Morgan fingerprint density at radius 3 is 2.17 bits per heavy atom. The number of hydrogen-bond acceptors (Lipinski definition) is 3. The Balaban J connectivity index is 1.52. The van der Waals surface area contributed by atoms with E-state index < -0.39 is 17.5 Å². The smallest absolute Gasteiger partial charge is 0.404 e. The Kier molecular flexibility index (Phi) is 5.79. The zero-order chi connectivity index (χ0) is 26.5. The average Bonchev–Trinajstić information content (AvgIpc) is 3.17. The van der Waals surface area contributed by atoms with Gasteiger partial charge >= 0.3 is 12.1 Å². The fourth-order valence-electron chi connectivity index (χ4n) is 11.8. The van der Waals surface area contributed by atoms with E-state index in [1.54, 1.807) is 0 Å². The summed E-state index contributed by atoms with van der Waals surface area (Å²) in [4.78, 5) is 24.5. The molecule has 1 amide bonds. The Hall–Kier alpha value is -1.52. The normalized spacial score (nSPS) is 51.2. The molecule has 5 saturated carbocycles. The molecule has 0 aromatic rings. The summed E-state index contributed by atoms with van der Waals surface area (Å²) in [6.45, 7) is 18.7. The quantitative estimate of drug-likeness (QED) is 0.402. The molecule has 5 aliphatic carbocycles. The van der Waals surface area contributed by atoms with Crippen molar-refractivity contribution >= 4 is 12.1 Å². The molecule has 5 fully saturated rings. The van der Waals surface area contributed by atoms with Gasteiger partial charge in [-0.25, -0.2) is 4.79 Å².